The second-order valence-corrected chi connectivity index (χ2v) is 5.19. The minimum Gasteiger partial charge on any atom is -0.378 e. The lowest BCUT2D eigenvalue weighted by molar-refractivity contribution is -0.135. The van der Waals surface area contributed by atoms with E-state index < -0.39 is 0 Å². The van der Waals surface area contributed by atoms with Crippen LogP contribution in [0.5, 0.6) is 0 Å². The van der Waals surface area contributed by atoms with Crippen molar-refractivity contribution >= 4 is 5.91 Å². The molecule has 1 amide bonds. The van der Waals surface area contributed by atoms with Crippen LogP contribution >= 0.6 is 0 Å². The summed E-state index contributed by atoms with van der Waals surface area (Å²) in [4.78, 5) is 14.0. The first-order valence-electron chi connectivity index (χ1n) is 6.70. The molecular formula is C15H22N2O2. The number of rotatable bonds is 3. The molecule has 2 rings (SSSR count). The standard InChI is InChI=1S/C15H22N2O2/c1-11-4-5-13(8-12(11)2)9-17(3)15(18)14-10-19-7-6-16-14/h4-5,8,14,16H,6-7,9-10H2,1-3H3. The summed E-state index contributed by atoms with van der Waals surface area (Å²) in [6, 6.07) is 6.12. The molecule has 1 atom stereocenters. The molecule has 1 saturated heterocycles. The van der Waals surface area contributed by atoms with Gasteiger partial charge in [-0.3, -0.25) is 4.79 Å². The van der Waals surface area contributed by atoms with E-state index in [1.165, 1.54) is 11.1 Å². The first-order valence-corrected chi connectivity index (χ1v) is 6.70. The highest BCUT2D eigenvalue weighted by Crippen LogP contribution is 2.12. The van der Waals surface area contributed by atoms with Crippen molar-refractivity contribution in [3.8, 4) is 0 Å². The lowest BCUT2D eigenvalue weighted by Gasteiger charge is -2.27. The van der Waals surface area contributed by atoms with Crippen LogP contribution < -0.4 is 5.32 Å². The molecule has 0 aliphatic carbocycles. The normalized spacial score (nSPS) is 19.2. The first-order chi connectivity index (χ1) is 9.08. The molecule has 0 radical (unpaired) electrons. The number of likely N-dealkylation sites (N-methyl/N-ethyl adjacent to an activating group) is 1. The minimum absolute atomic E-state index is 0.0953. The number of hydrogen-bond acceptors (Lipinski definition) is 3. The minimum atomic E-state index is -0.203. The fraction of sp³-hybridized carbons (Fsp3) is 0.533. The lowest BCUT2D eigenvalue weighted by atomic mass is 10.1. The van der Waals surface area contributed by atoms with E-state index >= 15 is 0 Å². The highest BCUT2D eigenvalue weighted by molar-refractivity contribution is 5.81. The fourth-order valence-electron chi connectivity index (χ4n) is 2.24. The van der Waals surface area contributed by atoms with Crippen molar-refractivity contribution in [3.63, 3.8) is 0 Å². The van der Waals surface area contributed by atoms with Crippen LogP contribution in [0.4, 0.5) is 0 Å². The molecule has 4 heteroatoms. The lowest BCUT2D eigenvalue weighted by Crippen LogP contribution is -2.51. The third-order valence-electron chi connectivity index (χ3n) is 3.59. The Labute approximate surface area is 114 Å². The van der Waals surface area contributed by atoms with Crippen LogP contribution in [0, 0.1) is 13.8 Å². The maximum absolute atomic E-state index is 12.2. The Morgan fingerprint density at radius 3 is 2.84 bits per heavy atom. The number of nitrogens with zero attached hydrogens (tertiary/aromatic N) is 1. The number of carbonyl (C=O) groups excluding carboxylic acids is 1. The van der Waals surface area contributed by atoms with Gasteiger partial charge in [0.05, 0.1) is 13.2 Å². The van der Waals surface area contributed by atoms with Crippen molar-refractivity contribution in [2.24, 2.45) is 0 Å². The molecule has 104 valence electrons. The summed E-state index contributed by atoms with van der Waals surface area (Å²) in [5.41, 5.74) is 3.70. The third-order valence-corrected chi connectivity index (χ3v) is 3.59. The van der Waals surface area contributed by atoms with E-state index in [-0.39, 0.29) is 11.9 Å². The van der Waals surface area contributed by atoms with E-state index in [2.05, 4.69) is 37.4 Å². The highest BCUT2D eigenvalue weighted by atomic mass is 16.5. The molecule has 1 aromatic rings. The highest BCUT2D eigenvalue weighted by Gasteiger charge is 2.24. The zero-order valence-corrected chi connectivity index (χ0v) is 11.9. The molecular weight excluding hydrogens is 240 g/mol. The quantitative estimate of drug-likeness (QED) is 0.891. The molecule has 1 unspecified atom stereocenters. The van der Waals surface area contributed by atoms with Gasteiger partial charge in [-0.25, -0.2) is 0 Å². The fourth-order valence-corrected chi connectivity index (χ4v) is 2.24. The number of hydrogen-bond donors (Lipinski definition) is 1. The summed E-state index contributed by atoms with van der Waals surface area (Å²) in [5.74, 6) is 0.0953. The van der Waals surface area contributed by atoms with Crippen molar-refractivity contribution < 1.29 is 9.53 Å². The van der Waals surface area contributed by atoms with Gasteiger partial charge in [0.2, 0.25) is 5.91 Å². The molecule has 1 aliphatic rings. The number of amides is 1. The zero-order chi connectivity index (χ0) is 13.8. The van der Waals surface area contributed by atoms with E-state index in [9.17, 15) is 4.79 Å². The van der Waals surface area contributed by atoms with Gasteiger partial charge in [-0.15, -0.1) is 0 Å². The number of nitrogens with one attached hydrogen (secondary N) is 1. The molecule has 1 N–H and O–H groups in total. The third kappa shape index (κ3) is 3.55. The molecule has 0 aromatic heterocycles. The zero-order valence-electron chi connectivity index (χ0n) is 11.9. The molecule has 0 saturated carbocycles. The van der Waals surface area contributed by atoms with Gasteiger partial charge in [-0.2, -0.15) is 0 Å². The van der Waals surface area contributed by atoms with Crippen molar-refractivity contribution in [3.05, 3.63) is 34.9 Å². The first kappa shape index (κ1) is 14.0. The molecule has 0 spiro atoms. The Morgan fingerprint density at radius 2 is 2.21 bits per heavy atom. The average molecular weight is 262 g/mol. The summed E-state index contributed by atoms with van der Waals surface area (Å²) in [6.07, 6.45) is 0. The van der Waals surface area contributed by atoms with Crippen molar-refractivity contribution in [1.29, 1.82) is 0 Å². The summed E-state index contributed by atoms with van der Waals surface area (Å²) in [6.45, 7) is 6.72. The van der Waals surface area contributed by atoms with Crippen LogP contribution in [0.1, 0.15) is 16.7 Å². The second kappa shape index (κ2) is 6.17. The van der Waals surface area contributed by atoms with E-state index in [1.54, 1.807) is 4.90 Å². The predicted octanol–water partition coefficient (Wildman–Crippen LogP) is 1.25. The van der Waals surface area contributed by atoms with Crippen LogP contribution in [0.15, 0.2) is 18.2 Å². The number of carbonyl (C=O) groups is 1. The maximum atomic E-state index is 12.2. The van der Waals surface area contributed by atoms with E-state index in [4.69, 9.17) is 4.74 Å². The number of aryl methyl sites for hydroxylation is 2. The summed E-state index contributed by atoms with van der Waals surface area (Å²) in [7, 11) is 1.84. The Bertz CT molecular complexity index is 453. The summed E-state index contributed by atoms with van der Waals surface area (Å²) in [5, 5.41) is 3.19. The van der Waals surface area contributed by atoms with Crippen LogP contribution in [0.3, 0.4) is 0 Å². The maximum Gasteiger partial charge on any atom is 0.242 e. The van der Waals surface area contributed by atoms with Gasteiger partial charge in [0, 0.05) is 20.1 Å². The molecule has 19 heavy (non-hydrogen) atoms. The summed E-state index contributed by atoms with van der Waals surface area (Å²) < 4.78 is 5.33. The second-order valence-electron chi connectivity index (χ2n) is 5.19. The van der Waals surface area contributed by atoms with E-state index in [0.717, 1.165) is 12.1 Å². The van der Waals surface area contributed by atoms with Gasteiger partial charge in [-0.1, -0.05) is 18.2 Å². The van der Waals surface area contributed by atoms with Gasteiger partial charge in [0.15, 0.2) is 0 Å². The number of ether oxygens (including phenoxy) is 1. The smallest absolute Gasteiger partial charge is 0.242 e. The molecule has 1 aliphatic heterocycles. The predicted molar refractivity (Wildman–Crippen MR) is 75.0 cm³/mol. The van der Waals surface area contributed by atoms with Crippen LogP contribution in [0.2, 0.25) is 0 Å². The average Bonchev–Trinajstić information content (AvgIpc) is 2.43. The van der Waals surface area contributed by atoms with Gasteiger partial charge in [-0.05, 0) is 30.5 Å². The van der Waals surface area contributed by atoms with Crippen LogP contribution in [-0.2, 0) is 16.1 Å². The van der Waals surface area contributed by atoms with E-state index in [1.807, 2.05) is 7.05 Å². The molecule has 1 aromatic carbocycles. The number of benzene rings is 1. The van der Waals surface area contributed by atoms with Gasteiger partial charge < -0.3 is 15.0 Å². The van der Waals surface area contributed by atoms with Crippen molar-refractivity contribution in [2.45, 2.75) is 26.4 Å². The van der Waals surface area contributed by atoms with Gasteiger partial charge in [0.25, 0.3) is 0 Å². The SMILES string of the molecule is Cc1ccc(CN(C)C(=O)C2COCCN2)cc1C. The molecule has 4 nitrogen and oxygen atoms in total. The Hall–Kier alpha value is -1.39. The Kier molecular flexibility index (Phi) is 4.56. The van der Waals surface area contributed by atoms with Crippen molar-refractivity contribution in [2.75, 3.05) is 26.8 Å². The van der Waals surface area contributed by atoms with E-state index in [0.29, 0.717) is 19.8 Å². The Morgan fingerprint density at radius 1 is 1.42 bits per heavy atom. The Balaban J connectivity index is 1.97. The monoisotopic (exact) mass is 262 g/mol. The molecule has 1 fully saturated rings. The number of morpholine rings is 1. The van der Waals surface area contributed by atoms with Gasteiger partial charge >= 0.3 is 0 Å². The van der Waals surface area contributed by atoms with Crippen LogP contribution in [0.25, 0.3) is 0 Å². The van der Waals surface area contributed by atoms with Crippen LogP contribution in [-0.4, -0.2) is 43.7 Å². The largest absolute Gasteiger partial charge is 0.378 e. The summed E-state index contributed by atoms with van der Waals surface area (Å²) >= 11 is 0. The van der Waals surface area contributed by atoms with Gasteiger partial charge in [0.1, 0.15) is 6.04 Å². The molecule has 1 heterocycles. The molecule has 0 bridgehead atoms. The topological polar surface area (TPSA) is 41.6 Å². The van der Waals surface area contributed by atoms with Crippen molar-refractivity contribution in [1.82, 2.24) is 10.2 Å².